The lowest BCUT2D eigenvalue weighted by molar-refractivity contribution is -0.134. The minimum Gasteiger partial charge on any atom is -0.483 e. The van der Waals surface area contributed by atoms with Crippen molar-refractivity contribution >= 4 is 11.6 Å². The molecule has 1 fully saturated rings. The number of nitrogens with two attached hydrogens (primary N) is 1. The summed E-state index contributed by atoms with van der Waals surface area (Å²) in [4.78, 5) is 16.2. The van der Waals surface area contributed by atoms with Crippen LogP contribution in [0.5, 0.6) is 5.75 Å². The van der Waals surface area contributed by atoms with Gasteiger partial charge < -0.3 is 20.3 Å². The SMILES string of the molecule is C=CCc1cc(N)ccc1OCC(=O)N1CCN(C)CC1. The number of carbonyl (C=O) groups is 1. The fourth-order valence-corrected chi connectivity index (χ4v) is 2.34. The fourth-order valence-electron chi connectivity index (χ4n) is 2.34. The summed E-state index contributed by atoms with van der Waals surface area (Å²) in [6.45, 7) is 7.15. The van der Waals surface area contributed by atoms with E-state index in [0.717, 1.165) is 31.7 Å². The smallest absolute Gasteiger partial charge is 0.260 e. The van der Waals surface area contributed by atoms with Gasteiger partial charge in [-0.15, -0.1) is 6.58 Å². The van der Waals surface area contributed by atoms with Gasteiger partial charge in [-0.25, -0.2) is 0 Å². The molecule has 1 saturated heterocycles. The number of hydrogen-bond donors (Lipinski definition) is 1. The number of amides is 1. The van der Waals surface area contributed by atoms with Crippen LogP contribution < -0.4 is 10.5 Å². The quantitative estimate of drug-likeness (QED) is 0.652. The number of hydrogen-bond acceptors (Lipinski definition) is 4. The predicted molar refractivity (Wildman–Crippen MR) is 84.3 cm³/mol. The minimum absolute atomic E-state index is 0.0319. The maximum absolute atomic E-state index is 12.2. The van der Waals surface area contributed by atoms with Crippen LogP contribution in [0.4, 0.5) is 5.69 Å². The third kappa shape index (κ3) is 4.23. The van der Waals surface area contributed by atoms with Crippen LogP contribution in [0.3, 0.4) is 0 Å². The molecule has 0 aliphatic carbocycles. The number of allylic oxidation sites excluding steroid dienone is 1. The number of anilines is 1. The molecular formula is C16H23N3O2. The summed E-state index contributed by atoms with van der Waals surface area (Å²) in [7, 11) is 2.06. The van der Waals surface area contributed by atoms with E-state index in [1.165, 1.54) is 0 Å². The molecule has 0 aromatic heterocycles. The highest BCUT2D eigenvalue weighted by Gasteiger charge is 2.19. The summed E-state index contributed by atoms with van der Waals surface area (Å²) in [5.74, 6) is 0.732. The number of benzene rings is 1. The Morgan fingerprint density at radius 2 is 2.10 bits per heavy atom. The molecule has 21 heavy (non-hydrogen) atoms. The van der Waals surface area contributed by atoms with Gasteiger partial charge in [0.25, 0.3) is 5.91 Å². The zero-order valence-corrected chi connectivity index (χ0v) is 12.5. The first-order chi connectivity index (χ1) is 10.1. The Bertz CT molecular complexity index is 508. The minimum atomic E-state index is 0.0319. The Morgan fingerprint density at radius 1 is 1.38 bits per heavy atom. The summed E-state index contributed by atoms with van der Waals surface area (Å²) < 4.78 is 5.68. The van der Waals surface area contributed by atoms with Gasteiger partial charge in [0.1, 0.15) is 5.75 Å². The van der Waals surface area contributed by atoms with Crippen molar-refractivity contribution in [3.05, 3.63) is 36.4 Å². The Morgan fingerprint density at radius 3 is 2.76 bits per heavy atom. The Kier molecular flexibility index (Phi) is 5.22. The molecule has 0 unspecified atom stereocenters. The number of piperazine rings is 1. The zero-order chi connectivity index (χ0) is 15.2. The molecule has 1 aromatic rings. The van der Waals surface area contributed by atoms with E-state index in [9.17, 15) is 4.79 Å². The highest BCUT2D eigenvalue weighted by Crippen LogP contribution is 2.22. The van der Waals surface area contributed by atoms with E-state index in [4.69, 9.17) is 10.5 Å². The van der Waals surface area contributed by atoms with Crippen molar-refractivity contribution in [2.75, 3.05) is 45.6 Å². The van der Waals surface area contributed by atoms with Crippen molar-refractivity contribution in [3.8, 4) is 5.75 Å². The van der Waals surface area contributed by atoms with Crippen molar-refractivity contribution in [1.29, 1.82) is 0 Å². The second kappa shape index (κ2) is 7.13. The Hall–Kier alpha value is -2.01. The fraction of sp³-hybridized carbons (Fsp3) is 0.438. The van der Waals surface area contributed by atoms with Crippen molar-refractivity contribution in [2.24, 2.45) is 0 Å². The molecule has 5 heteroatoms. The van der Waals surface area contributed by atoms with E-state index in [2.05, 4.69) is 18.5 Å². The van der Waals surface area contributed by atoms with E-state index < -0.39 is 0 Å². The van der Waals surface area contributed by atoms with E-state index in [1.807, 2.05) is 17.0 Å². The van der Waals surface area contributed by atoms with E-state index in [-0.39, 0.29) is 12.5 Å². The van der Waals surface area contributed by atoms with Crippen LogP contribution in [0.2, 0.25) is 0 Å². The third-order valence-corrected chi connectivity index (χ3v) is 3.66. The predicted octanol–water partition coefficient (Wildman–Crippen LogP) is 1.15. The summed E-state index contributed by atoms with van der Waals surface area (Å²) in [6, 6.07) is 5.45. The molecule has 0 radical (unpaired) electrons. The second-order valence-corrected chi connectivity index (χ2v) is 5.33. The van der Waals surface area contributed by atoms with Crippen LogP contribution >= 0.6 is 0 Å². The van der Waals surface area contributed by atoms with E-state index in [0.29, 0.717) is 17.9 Å². The molecule has 2 N–H and O–H groups in total. The first-order valence-electron chi connectivity index (χ1n) is 7.18. The van der Waals surface area contributed by atoms with Crippen molar-refractivity contribution < 1.29 is 9.53 Å². The topological polar surface area (TPSA) is 58.8 Å². The van der Waals surface area contributed by atoms with Crippen molar-refractivity contribution in [1.82, 2.24) is 9.80 Å². The maximum atomic E-state index is 12.2. The highest BCUT2D eigenvalue weighted by molar-refractivity contribution is 5.78. The second-order valence-electron chi connectivity index (χ2n) is 5.33. The number of nitrogens with zero attached hydrogens (tertiary/aromatic N) is 2. The van der Waals surface area contributed by atoms with Crippen LogP contribution in [0.1, 0.15) is 5.56 Å². The zero-order valence-electron chi connectivity index (χ0n) is 12.5. The van der Waals surface area contributed by atoms with Crippen LogP contribution in [-0.2, 0) is 11.2 Å². The highest BCUT2D eigenvalue weighted by atomic mass is 16.5. The molecule has 114 valence electrons. The van der Waals surface area contributed by atoms with Crippen LogP contribution in [0.15, 0.2) is 30.9 Å². The number of likely N-dealkylation sites (N-methyl/N-ethyl adjacent to an activating group) is 1. The lowest BCUT2D eigenvalue weighted by Crippen LogP contribution is -2.48. The summed E-state index contributed by atoms with van der Waals surface area (Å²) >= 11 is 0. The molecular weight excluding hydrogens is 266 g/mol. The molecule has 1 heterocycles. The van der Waals surface area contributed by atoms with Gasteiger partial charge in [-0.3, -0.25) is 4.79 Å². The summed E-state index contributed by atoms with van der Waals surface area (Å²) in [5, 5.41) is 0. The molecule has 5 nitrogen and oxygen atoms in total. The summed E-state index contributed by atoms with van der Waals surface area (Å²) in [5.41, 5.74) is 7.41. The monoisotopic (exact) mass is 289 g/mol. The molecule has 1 aliphatic heterocycles. The number of nitrogen functional groups attached to an aromatic ring is 1. The van der Waals surface area contributed by atoms with Crippen LogP contribution in [0.25, 0.3) is 0 Å². The van der Waals surface area contributed by atoms with Gasteiger partial charge in [0.2, 0.25) is 0 Å². The number of ether oxygens (including phenoxy) is 1. The van der Waals surface area contributed by atoms with Crippen LogP contribution in [-0.4, -0.2) is 55.5 Å². The molecule has 2 rings (SSSR count). The standard InChI is InChI=1S/C16H23N3O2/c1-3-4-13-11-14(17)5-6-15(13)21-12-16(20)19-9-7-18(2)8-10-19/h3,5-6,11H,1,4,7-10,12,17H2,2H3. The Balaban J connectivity index is 1.93. The molecule has 0 saturated carbocycles. The van der Waals surface area contributed by atoms with Gasteiger partial charge in [-0.05, 0) is 37.2 Å². The van der Waals surface area contributed by atoms with Gasteiger partial charge in [0.05, 0.1) is 0 Å². The molecule has 1 aromatic carbocycles. The van der Waals surface area contributed by atoms with Gasteiger partial charge in [0.15, 0.2) is 6.61 Å². The normalized spacial score (nSPS) is 15.8. The lowest BCUT2D eigenvalue weighted by atomic mass is 10.1. The van der Waals surface area contributed by atoms with Gasteiger partial charge in [-0.1, -0.05) is 6.08 Å². The summed E-state index contributed by atoms with van der Waals surface area (Å²) in [6.07, 6.45) is 2.47. The van der Waals surface area contributed by atoms with E-state index in [1.54, 1.807) is 12.1 Å². The average Bonchev–Trinajstić information content (AvgIpc) is 2.47. The molecule has 1 aliphatic rings. The first kappa shape index (κ1) is 15.4. The van der Waals surface area contributed by atoms with E-state index >= 15 is 0 Å². The first-order valence-corrected chi connectivity index (χ1v) is 7.18. The van der Waals surface area contributed by atoms with Gasteiger partial charge in [-0.2, -0.15) is 0 Å². The largest absolute Gasteiger partial charge is 0.483 e. The molecule has 0 bridgehead atoms. The van der Waals surface area contributed by atoms with Gasteiger partial charge >= 0.3 is 0 Å². The van der Waals surface area contributed by atoms with Gasteiger partial charge in [0, 0.05) is 31.9 Å². The maximum Gasteiger partial charge on any atom is 0.260 e. The Labute approximate surface area is 126 Å². The molecule has 0 spiro atoms. The van der Waals surface area contributed by atoms with Crippen molar-refractivity contribution in [2.45, 2.75) is 6.42 Å². The molecule has 1 amide bonds. The number of carbonyl (C=O) groups excluding carboxylic acids is 1. The molecule has 0 atom stereocenters. The number of rotatable bonds is 5. The average molecular weight is 289 g/mol. The van der Waals surface area contributed by atoms with Crippen molar-refractivity contribution in [3.63, 3.8) is 0 Å². The lowest BCUT2D eigenvalue weighted by Gasteiger charge is -2.32. The van der Waals surface area contributed by atoms with Crippen LogP contribution in [0, 0.1) is 0 Å². The third-order valence-electron chi connectivity index (χ3n) is 3.66.